The first-order valence-electron chi connectivity index (χ1n) is 7.97. The molecule has 0 spiro atoms. The summed E-state index contributed by atoms with van der Waals surface area (Å²) in [7, 11) is 0. The average molecular weight is 330 g/mol. The van der Waals surface area contributed by atoms with Gasteiger partial charge in [-0.2, -0.15) is 0 Å². The van der Waals surface area contributed by atoms with Gasteiger partial charge in [0.15, 0.2) is 0 Å². The van der Waals surface area contributed by atoms with E-state index in [9.17, 15) is 4.79 Å². The highest BCUT2D eigenvalue weighted by Gasteiger charge is 2.28. The molecule has 0 saturated carbocycles. The number of hydrogen-bond donors (Lipinski definition) is 1. The fraction of sp³-hybridized carbons (Fsp3) is 0.471. The Kier molecular flexibility index (Phi) is 5.03. The summed E-state index contributed by atoms with van der Waals surface area (Å²) in [6.45, 7) is 6.17. The molecule has 0 bridgehead atoms. The number of likely N-dealkylation sites (tertiary alicyclic amines) is 1. The van der Waals surface area contributed by atoms with Gasteiger partial charge in [-0.05, 0) is 44.5 Å². The number of amides is 1. The summed E-state index contributed by atoms with van der Waals surface area (Å²) >= 11 is 1.86. The summed E-state index contributed by atoms with van der Waals surface area (Å²) in [6.07, 6.45) is 4.06. The van der Waals surface area contributed by atoms with E-state index in [1.54, 1.807) is 6.20 Å². The van der Waals surface area contributed by atoms with Gasteiger partial charge in [-0.15, -0.1) is 11.3 Å². The van der Waals surface area contributed by atoms with Crippen molar-refractivity contribution >= 4 is 17.2 Å². The van der Waals surface area contributed by atoms with Crippen molar-refractivity contribution in [3.05, 3.63) is 45.7 Å². The second-order valence-electron chi connectivity index (χ2n) is 5.96. The lowest BCUT2D eigenvalue weighted by Crippen LogP contribution is -2.25. The van der Waals surface area contributed by atoms with E-state index in [1.165, 1.54) is 23.1 Å². The summed E-state index contributed by atoms with van der Waals surface area (Å²) in [5, 5.41) is 2.79. The fourth-order valence-electron chi connectivity index (χ4n) is 2.97. The number of nitrogens with zero attached hydrogens (tertiary/aromatic N) is 3. The first kappa shape index (κ1) is 16.1. The van der Waals surface area contributed by atoms with Gasteiger partial charge in [-0.1, -0.05) is 0 Å². The second-order valence-corrected chi connectivity index (χ2v) is 7.33. The Labute approximate surface area is 140 Å². The Morgan fingerprint density at radius 3 is 3.04 bits per heavy atom. The molecule has 122 valence electrons. The lowest BCUT2D eigenvalue weighted by Gasteiger charge is -2.22. The molecule has 1 unspecified atom stereocenters. The molecular formula is C17H22N4OS. The summed E-state index contributed by atoms with van der Waals surface area (Å²) in [5.41, 5.74) is 0.865. The Bertz CT molecular complexity index is 685. The molecule has 1 fully saturated rings. The summed E-state index contributed by atoms with van der Waals surface area (Å²) in [6, 6.07) is 6.52. The van der Waals surface area contributed by atoms with Crippen LogP contribution in [0.15, 0.2) is 24.4 Å². The molecule has 1 aliphatic rings. The molecule has 5 nitrogen and oxygen atoms in total. The molecule has 1 atom stereocenters. The van der Waals surface area contributed by atoms with Gasteiger partial charge < -0.3 is 5.32 Å². The molecule has 0 aliphatic carbocycles. The van der Waals surface area contributed by atoms with E-state index in [1.807, 2.05) is 17.4 Å². The van der Waals surface area contributed by atoms with Crippen LogP contribution in [-0.4, -0.2) is 27.3 Å². The van der Waals surface area contributed by atoms with Gasteiger partial charge in [-0.25, -0.2) is 9.97 Å². The Morgan fingerprint density at radius 2 is 2.30 bits per heavy atom. The van der Waals surface area contributed by atoms with E-state index in [4.69, 9.17) is 0 Å². The monoisotopic (exact) mass is 330 g/mol. The molecule has 1 amide bonds. The molecular weight excluding hydrogens is 308 g/mol. The van der Waals surface area contributed by atoms with Crippen molar-refractivity contribution in [2.24, 2.45) is 0 Å². The van der Waals surface area contributed by atoms with E-state index < -0.39 is 0 Å². The van der Waals surface area contributed by atoms with Gasteiger partial charge in [0.2, 0.25) is 5.91 Å². The highest BCUT2D eigenvalue weighted by Crippen LogP contribution is 2.32. The third kappa shape index (κ3) is 4.14. The standard InChI is InChI=1S/C17H22N4OS/c1-12-5-6-15(23-12)11-21-9-3-4-16(21)17-18-8-7-14(20-17)10-19-13(2)22/h5-8,16H,3-4,9-11H2,1-2H3,(H,19,22). The van der Waals surface area contributed by atoms with E-state index in [0.717, 1.165) is 31.0 Å². The van der Waals surface area contributed by atoms with Gasteiger partial charge in [-0.3, -0.25) is 9.69 Å². The van der Waals surface area contributed by atoms with Crippen LogP contribution in [0.3, 0.4) is 0 Å². The number of rotatable bonds is 5. The highest BCUT2D eigenvalue weighted by molar-refractivity contribution is 7.11. The van der Waals surface area contributed by atoms with Crippen molar-refractivity contribution in [1.82, 2.24) is 20.2 Å². The summed E-state index contributed by atoms with van der Waals surface area (Å²) < 4.78 is 0. The predicted molar refractivity (Wildman–Crippen MR) is 91.0 cm³/mol. The molecule has 3 heterocycles. The highest BCUT2D eigenvalue weighted by atomic mass is 32.1. The normalized spacial score (nSPS) is 18.3. The minimum Gasteiger partial charge on any atom is -0.351 e. The number of nitrogens with one attached hydrogen (secondary N) is 1. The smallest absolute Gasteiger partial charge is 0.217 e. The molecule has 1 N–H and O–H groups in total. The van der Waals surface area contributed by atoms with Gasteiger partial charge in [0.1, 0.15) is 5.82 Å². The number of aromatic nitrogens is 2. The van der Waals surface area contributed by atoms with Gasteiger partial charge >= 0.3 is 0 Å². The Morgan fingerprint density at radius 1 is 1.43 bits per heavy atom. The zero-order valence-electron chi connectivity index (χ0n) is 13.6. The molecule has 3 rings (SSSR count). The number of aryl methyl sites for hydroxylation is 1. The molecule has 0 aromatic carbocycles. The molecule has 23 heavy (non-hydrogen) atoms. The third-order valence-corrected chi connectivity index (χ3v) is 5.05. The average Bonchev–Trinajstić information content (AvgIpc) is 3.15. The third-order valence-electron chi connectivity index (χ3n) is 4.07. The number of carbonyl (C=O) groups is 1. The second kappa shape index (κ2) is 7.19. The zero-order chi connectivity index (χ0) is 16.2. The molecule has 6 heteroatoms. The van der Waals surface area contributed by atoms with E-state index in [-0.39, 0.29) is 11.9 Å². The number of hydrogen-bond acceptors (Lipinski definition) is 5. The van der Waals surface area contributed by atoms with Crippen LogP contribution in [0.4, 0.5) is 0 Å². The van der Waals surface area contributed by atoms with Crippen molar-refractivity contribution in [1.29, 1.82) is 0 Å². The fourth-order valence-corrected chi connectivity index (χ4v) is 3.88. The number of thiophene rings is 1. The first-order chi connectivity index (χ1) is 11.1. The van der Waals surface area contributed by atoms with Crippen LogP contribution < -0.4 is 5.32 Å². The first-order valence-corrected chi connectivity index (χ1v) is 8.79. The van der Waals surface area contributed by atoms with Gasteiger partial charge in [0.25, 0.3) is 0 Å². The molecule has 2 aromatic heterocycles. The van der Waals surface area contributed by atoms with Crippen molar-refractivity contribution in [3.8, 4) is 0 Å². The van der Waals surface area contributed by atoms with Crippen molar-refractivity contribution in [2.75, 3.05) is 6.54 Å². The minimum atomic E-state index is -0.0410. The van der Waals surface area contributed by atoms with Crippen molar-refractivity contribution in [2.45, 2.75) is 45.8 Å². The number of carbonyl (C=O) groups excluding carboxylic acids is 1. The van der Waals surface area contributed by atoms with Crippen LogP contribution >= 0.6 is 11.3 Å². The topological polar surface area (TPSA) is 58.1 Å². The van der Waals surface area contributed by atoms with E-state index in [0.29, 0.717) is 6.54 Å². The molecule has 1 aliphatic heterocycles. The van der Waals surface area contributed by atoms with Crippen LogP contribution in [0.25, 0.3) is 0 Å². The Balaban J connectivity index is 1.71. The SMILES string of the molecule is CC(=O)NCc1ccnc(C2CCCN2Cc2ccc(C)s2)n1. The molecule has 2 aromatic rings. The summed E-state index contributed by atoms with van der Waals surface area (Å²) in [4.78, 5) is 25.4. The van der Waals surface area contributed by atoms with Crippen LogP contribution in [0, 0.1) is 6.92 Å². The lowest BCUT2D eigenvalue weighted by atomic mass is 10.2. The van der Waals surface area contributed by atoms with Crippen molar-refractivity contribution in [3.63, 3.8) is 0 Å². The maximum atomic E-state index is 11.1. The minimum absolute atomic E-state index is 0.0410. The van der Waals surface area contributed by atoms with Crippen LogP contribution in [0.1, 0.15) is 47.1 Å². The van der Waals surface area contributed by atoms with E-state index >= 15 is 0 Å². The molecule has 0 radical (unpaired) electrons. The van der Waals surface area contributed by atoms with Gasteiger partial charge in [0, 0.05) is 29.4 Å². The Hall–Kier alpha value is -1.79. The lowest BCUT2D eigenvalue weighted by molar-refractivity contribution is -0.119. The summed E-state index contributed by atoms with van der Waals surface area (Å²) in [5.74, 6) is 0.833. The van der Waals surface area contributed by atoms with Crippen LogP contribution in [0.2, 0.25) is 0 Å². The van der Waals surface area contributed by atoms with Crippen LogP contribution in [0.5, 0.6) is 0 Å². The van der Waals surface area contributed by atoms with E-state index in [2.05, 4.69) is 39.2 Å². The largest absolute Gasteiger partial charge is 0.351 e. The van der Waals surface area contributed by atoms with Crippen LogP contribution in [-0.2, 0) is 17.9 Å². The predicted octanol–water partition coefficient (Wildman–Crippen LogP) is 2.82. The van der Waals surface area contributed by atoms with Crippen molar-refractivity contribution < 1.29 is 4.79 Å². The maximum Gasteiger partial charge on any atom is 0.217 e. The maximum absolute atomic E-state index is 11.1. The molecule has 1 saturated heterocycles. The zero-order valence-corrected chi connectivity index (χ0v) is 14.4. The van der Waals surface area contributed by atoms with Gasteiger partial charge in [0.05, 0.1) is 18.3 Å². The quantitative estimate of drug-likeness (QED) is 0.916.